The van der Waals surface area contributed by atoms with E-state index in [1.54, 1.807) is 11.3 Å². The number of aromatic nitrogens is 1. The normalized spacial score (nSPS) is 17.6. The van der Waals surface area contributed by atoms with Gasteiger partial charge in [0.15, 0.2) is 0 Å². The molecule has 0 unspecified atom stereocenters. The summed E-state index contributed by atoms with van der Waals surface area (Å²) in [5.41, 5.74) is 2.90. The Morgan fingerprint density at radius 2 is 2.09 bits per heavy atom. The summed E-state index contributed by atoms with van der Waals surface area (Å²) in [5, 5.41) is 9.35. The molecule has 4 nitrogen and oxygen atoms in total. The van der Waals surface area contributed by atoms with E-state index >= 15 is 0 Å². The molecule has 118 valence electrons. The second kappa shape index (κ2) is 7.72. The zero-order valence-corrected chi connectivity index (χ0v) is 14.1. The van der Waals surface area contributed by atoms with Crippen LogP contribution in [0.1, 0.15) is 24.3 Å². The lowest BCUT2D eigenvalue weighted by molar-refractivity contribution is -0.118. The molecule has 0 saturated carbocycles. The van der Waals surface area contributed by atoms with Gasteiger partial charge in [-0.1, -0.05) is 18.6 Å². The van der Waals surface area contributed by atoms with Gasteiger partial charge in [0.05, 0.1) is 16.7 Å². The fourth-order valence-electron chi connectivity index (χ4n) is 2.53. The van der Waals surface area contributed by atoms with Crippen LogP contribution < -0.4 is 10.6 Å². The van der Waals surface area contributed by atoms with E-state index in [2.05, 4.69) is 21.0 Å². The van der Waals surface area contributed by atoms with Crippen molar-refractivity contribution in [3.05, 3.63) is 34.7 Å². The lowest BCUT2D eigenvalue weighted by Gasteiger charge is -2.22. The highest BCUT2D eigenvalue weighted by Gasteiger charge is 2.20. The number of anilines is 1. The topological polar surface area (TPSA) is 54.0 Å². The maximum absolute atomic E-state index is 12.1. The first-order chi connectivity index (χ1) is 10.2. The molecule has 0 radical (unpaired) electrons. The summed E-state index contributed by atoms with van der Waals surface area (Å²) >= 11 is 1.64. The number of carbonyl (C=O) groups excluding carboxylic acids is 1. The molecular formula is C16H20ClN3OS. The van der Waals surface area contributed by atoms with Crippen LogP contribution in [-0.4, -0.2) is 23.5 Å². The van der Waals surface area contributed by atoms with Gasteiger partial charge in [-0.15, -0.1) is 23.7 Å². The first kappa shape index (κ1) is 16.9. The third-order valence-electron chi connectivity index (χ3n) is 3.69. The predicted molar refractivity (Wildman–Crippen MR) is 93.8 cm³/mol. The van der Waals surface area contributed by atoms with E-state index in [1.165, 1.54) is 0 Å². The van der Waals surface area contributed by atoms with Crippen LogP contribution in [0.5, 0.6) is 0 Å². The molecule has 1 aliphatic heterocycles. The van der Waals surface area contributed by atoms with Gasteiger partial charge in [-0.2, -0.15) is 0 Å². The number of nitrogens with one attached hydrogen (secondary N) is 2. The zero-order valence-electron chi connectivity index (χ0n) is 12.5. The van der Waals surface area contributed by atoms with E-state index < -0.39 is 0 Å². The second-order valence-corrected chi connectivity index (χ2v) is 6.38. The molecule has 0 spiro atoms. The average molecular weight is 338 g/mol. The largest absolute Gasteiger partial charge is 0.325 e. The van der Waals surface area contributed by atoms with E-state index in [9.17, 15) is 4.79 Å². The molecule has 1 saturated heterocycles. The minimum Gasteiger partial charge on any atom is -0.325 e. The number of amides is 1. The number of halogens is 1. The third-order valence-corrected chi connectivity index (χ3v) is 4.47. The second-order valence-electron chi connectivity index (χ2n) is 5.32. The molecule has 0 bridgehead atoms. The SMILES string of the molecule is Cc1nc(-c2ccc(NC(=O)[C@@H]3CCCCN3)cc2)cs1.Cl. The van der Waals surface area contributed by atoms with Crippen molar-refractivity contribution >= 4 is 35.3 Å². The van der Waals surface area contributed by atoms with E-state index in [-0.39, 0.29) is 24.4 Å². The number of hydrogen-bond donors (Lipinski definition) is 2. The molecular weight excluding hydrogens is 318 g/mol. The number of benzene rings is 1. The number of carbonyl (C=O) groups is 1. The lowest BCUT2D eigenvalue weighted by Crippen LogP contribution is -2.43. The van der Waals surface area contributed by atoms with Crippen LogP contribution in [0.25, 0.3) is 11.3 Å². The van der Waals surface area contributed by atoms with Gasteiger partial charge < -0.3 is 10.6 Å². The first-order valence-electron chi connectivity index (χ1n) is 7.29. The van der Waals surface area contributed by atoms with Crippen molar-refractivity contribution in [1.82, 2.24) is 10.3 Å². The molecule has 1 aromatic carbocycles. The van der Waals surface area contributed by atoms with Crippen LogP contribution in [0.4, 0.5) is 5.69 Å². The van der Waals surface area contributed by atoms with Crippen molar-refractivity contribution in [1.29, 1.82) is 0 Å². The van der Waals surface area contributed by atoms with Crippen LogP contribution in [0.15, 0.2) is 29.6 Å². The highest BCUT2D eigenvalue weighted by molar-refractivity contribution is 7.09. The Morgan fingerprint density at radius 3 is 2.68 bits per heavy atom. The minimum atomic E-state index is -0.0559. The Bertz CT molecular complexity index is 621. The predicted octanol–water partition coefficient (Wildman–Crippen LogP) is 3.62. The summed E-state index contributed by atoms with van der Waals surface area (Å²) in [6, 6.07) is 7.81. The van der Waals surface area contributed by atoms with E-state index in [1.807, 2.05) is 31.2 Å². The van der Waals surface area contributed by atoms with Gasteiger partial charge >= 0.3 is 0 Å². The zero-order chi connectivity index (χ0) is 14.7. The van der Waals surface area contributed by atoms with Gasteiger partial charge in [0.1, 0.15) is 0 Å². The summed E-state index contributed by atoms with van der Waals surface area (Å²) < 4.78 is 0. The number of piperidine rings is 1. The number of thiazole rings is 1. The molecule has 2 heterocycles. The smallest absolute Gasteiger partial charge is 0.241 e. The summed E-state index contributed by atoms with van der Waals surface area (Å²) in [6.45, 7) is 2.93. The van der Waals surface area contributed by atoms with Gasteiger partial charge in [0.2, 0.25) is 5.91 Å². The van der Waals surface area contributed by atoms with Crippen LogP contribution in [-0.2, 0) is 4.79 Å². The van der Waals surface area contributed by atoms with Crippen LogP contribution >= 0.6 is 23.7 Å². The van der Waals surface area contributed by atoms with Gasteiger partial charge in [0, 0.05) is 16.6 Å². The molecule has 1 aromatic heterocycles. The van der Waals surface area contributed by atoms with Gasteiger partial charge in [0.25, 0.3) is 0 Å². The fraction of sp³-hybridized carbons (Fsp3) is 0.375. The van der Waals surface area contributed by atoms with Gasteiger partial charge in [-0.05, 0) is 38.4 Å². The van der Waals surface area contributed by atoms with Crippen molar-refractivity contribution in [3.63, 3.8) is 0 Å². The molecule has 0 aliphatic carbocycles. The molecule has 2 aromatic rings. The number of hydrogen-bond acceptors (Lipinski definition) is 4. The van der Waals surface area contributed by atoms with Crippen LogP contribution in [0, 0.1) is 6.92 Å². The van der Waals surface area contributed by atoms with Crippen molar-refractivity contribution in [3.8, 4) is 11.3 Å². The Morgan fingerprint density at radius 1 is 1.32 bits per heavy atom. The summed E-state index contributed by atoms with van der Waals surface area (Å²) in [6.07, 6.45) is 3.20. The molecule has 1 fully saturated rings. The van der Waals surface area contributed by atoms with Gasteiger partial charge in [-0.3, -0.25) is 4.79 Å². The van der Waals surface area contributed by atoms with E-state index in [0.29, 0.717) is 0 Å². The Labute approximate surface area is 140 Å². The Kier molecular flexibility index (Phi) is 5.94. The number of nitrogens with zero attached hydrogens (tertiary/aromatic N) is 1. The average Bonchev–Trinajstić information content (AvgIpc) is 2.95. The van der Waals surface area contributed by atoms with E-state index in [0.717, 1.165) is 47.8 Å². The monoisotopic (exact) mass is 337 g/mol. The van der Waals surface area contributed by atoms with Crippen molar-refractivity contribution in [2.45, 2.75) is 32.2 Å². The Hall–Kier alpha value is -1.43. The minimum absolute atomic E-state index is 0. The first-order valence-corrected chi connectivity index (χ1v) is 8.17. The van der Waals surface area contributed by atoms with E-state index in [4.69, 9.17) is 0 Å². The van der Waals surface area contributed by atoms with Crippen molar-refractivity contribution in [2.75, 3.05) is 11.9 Å². The summed E-state index contributed by atoms with van der Waals surface area (Å²) in [7, 11) is 0. The highest BCUT2D eigenvalue weighted by atomic mass is 35.5. The lowest BCUT2D eigenvalue weighted by atomic mass is 10.0. The maximum Gasteiger partial charge on any atom is 0.241 e. The quantitative estimate of drug-likeness (QED) is 0.899. The van der Waals surface area contributed by atoms with Crippen molar-refractivity contribution < 1.29 is 4.79 Å². The van der Waals surface area contributed by atoms with Crippen LogP contribution in [0.3, 0.4) is 0 Å². The standard InChI is InChI=1S/C16H19N3OS.ClH/c1-11-18-15(10-21-11)12-5-7-13(8-6-12)19-16(20)14-4-2-3-9-17-14;/h5-8,10,14,17H,2-4,9H2,1H3,(H,19,20);1H/t14-;/m0./s1. The molecule has 2 N–H and O–H groups in total. The molecule has 1 amide bonds. The van der Waals surface area contributed by atoms with Crippen LogP contribution in [0.2, 0.25) is 0 Å². The highest BCUT2D eigenvalue weighted by Crippen LogP contribution is 2.23. The van der Waals surface area contributed by atoms with Crippen molar-refractivity contribution in [2.24, 2.45) is 0 Å². The molecule has 1 atom stereocenters. The fourth-order valence-corrected chi connectivity index (χ4v) is 3.15. The summed E-state index contributed by atoms with van der Waals surface area (Å²) in [5.74, 6) is 0.0620. The number of aryl methyl sites for hydroxylation is 1. The molecule has 1 aliphatic rings. The van der Waals surface area contributed by atoms with Gasteiger partial charge in [-0.25, -0.2) is 4.98 Å². The summed E-state index contributed by atoms with van der Waals surface area (Å²) in [4.78, 5) is 16.6. The molecule has 6 heteroatoms. The molecule has 3 rings (SSSR count). The third kappa shape index (κ3) is 4.06. The Balaban J connectivity index is 0.00000176. The molecule has 22 heavy (non-hydrogen) atoms. The maximum atomic E-state index is 12.1. The number of rotatable bonds is 3.